The molecule has 0 aliphatic carbocycles. The van der Waals surface area contributed by atoms with Gasteiger partial charge in [-0.2, -0.15) is 0 Å². The largest absolute Gasteiger partial charge is 0.496 e. The van der Waals surface area contributed by atoms with Crippen LogP contribution in [0.1, 0.15) is 31.7 Å². The van der Waals surface area contributed by atoms with Gasteiger partial charge in [0.25, 0.3) is 0 Å². The quantitative estimate of drug-likeness (QED) is 0.587. The van der Waals surface area contributed by atoms with E-state index in [4.69, 9.17) is 15.9 Å². The van der Waals surface area contributed by atoms with Gasteiger partial charge in [0.15, 0.2) is 5.96 Å². The molecule has 1 atom stereocenters. The van der Waals surface area contributed by atoms with Gasteiger partial charge >= 0.3 is 0 Å². The van der Waals surface area contributed by atoms with Crippen molar-refractivity contribution < 1.29 is 4.74 Å². The second-order valence-corrected chi connectivity index (χ2v) is 4.93. The minimum absolute atomic E-state index is 0.0631. The highest BCUT2D eigenvalue weighted by molar-refractivity contribution is 6.00. The maximum Gasteiger partial charge on any atom is 0.190 e. The van der Waals surface area contributed by atoms with E-state index in [9.17, 15) is 0 Å². The van der Waals surface area contributed by atoms with Crippen LogP contribution in [0.2, 0.25) is 0 Å². The SMILES string of the molecule is CCC(C)c1c(NC(=N)N)cc(OC)c2ccccc12. The molecule has 2 aromatic rings. The summed E-state index contributed by atoms with van der Waals surface area (Å²) in [6.07, 6.45) is 1.02. The summed E-state index contributed by atoms with van der Waals surface area (Å²) in [5.74, 6) is 1.09. The van der Waals surface area contributed by atoms with E-state index in [2.05, 4.69) is 31.3 Å². The summed E-state index contributed by atoms with van der Waals surface area (Å²) in [7, 11) is 1.66. The van der Waals surface area contributed by atoms with Crippen LogP contribution in [-0.2, 0) is 0 Å². The van der Waals surface area contributed by atoms with E-state index in [1.165, 1.54) is 5.56 Å². The summed E-state index contributed by atoms with van der Waals surface area (Å²) in [4.78, 5) is 0. The summed E-state index contributed by atoms with van der Waals surface area (Å²) in [5.41, 5.74) is 7.53. The molecule has 0 aromatic heterocycles. The predicted molar refractivity (Wildman–Crippen MR) is 84.7 cm³/mol. The zero-order valence-corrected chi connectivity index (χ0v) is 12.2. The zero-order chi connectivity index (χ0) is 14.7. The molecule has 0 heterocycles. The van der Waals surface area contributed by atoms with Crippen LogP contribution >= 0.6 is 0 Å². The lowest BCUT2D eigenvalue weighted by molar-refractivity contribution is 0.420. The maximum absolute atomic E-state index is 7.49. The van der Waals surface area contributed by atoms with Gasteiger partial charge in [-0.1, -0.05) is 38.1 Å². The van der Waals surface area contributed by atoms with Crippen LogP contribution in [0, 0.1) is 5.41 Å². The standard InChI is InChI=1S/C16H21N3O/c1-4-10(2)15-12-8-6-5-7-11(12)14(20-3)9-13(15)19-16(17)18/h5-10H,4H2,1-3H3,(H4,17,18,19). The summed E-state index contributed by atoms with van der Waals surface area (Å²) in [5, 5.41) is 12.7. The zero-order valence-electron chi connectivity index (χ0n) is 12.2. The van der Waals surface area contributed by atoms with E-state index >= 15 is 0 Å². The third-order valence-corrected chi connectivity index (χ3v) is 3.64. The third-order valence-electron chi connectivity index (χ3n) is 3.64. The third kappa shape index (κ3) is 2.54. The summed E-state index contributed by atoms with van der Waals surface area (Å²) in [6, 6.07) is 10.1. The van der Waals surface area contributed by atoms with Crippen LogP contribution in [0.5, 0.6) is 5.75 Å². The summed E-state index contributed by atoms with van der Waals surface area (Å²) >= 11 is 0. The van der Waals surface area contributed by atoms with Gasteiger partial charge in [0.2, 0.25) is 0 Å². The predicted octanol–water partition coefficient (Wildman–Crippen LogP) is 3.67. The van der Waals surface area contributed by atoms with E-state index < -0.39 is 0 Å². The molecule has 0 saturated carbocycles. The smallest absolute Gasteiger partial charge is 0.190 e. The number of anilines is 1. The van der Waals surface area contributed by atoms with Gasteiger partial charge in [-0.3, -0.25) is 5.41 Å². The van der Waals surface area contributed by atoms with Gasteiger partial charge < -0.3 is 15.8 Å². The Kier molecular flexibility index (Phi) is 4.13. The molecular weight excluding hydrogens is 250 g/mol. The van der Waals surface area contributed by atoms with Crippen molar-refractivity contribution in [1.29, 1.82) is 5.41 Å². The molecule has 0 radical (unpaired) electrons. The molecular formula is C16H21N3O. The van der Waals surface area contributed by atoms with Crippen molar-refractivity contribution in [3.8, 4) is 5.75 Å². The molecule has 0 bridgehead atoms. The molecule has 0 aliphatic rings. The van der Waals surface area contributed by atoms with Crippen LogP contribution in [0.25, 0.3) is 10.8 Å². The Morgan fingerprint density at radius 2 is 2.00 bits per heavy atom. The number of nitrogens with two attached hydrogens (primary N) is 1. The van der Waals surface area contributed by atoms with Crippen molar-refractivity contribution in [2.45, 2.75) is 26.2 Å². The van der Waals surface area contributed by atoms with Crippen LogP contribution in [-0.4, -0.2) is 13.1 Å². The Balaban J connectivity index is 2.78. The van der Waals surface area contributed by atoms with Crippen LogP contribution in [0.3, 0.4) is 0 Å². The number of nitrogens with one attached hydrogen (secondary N) is 2. The van der Waals surface area contributed by atoms with Crippen molar-refractivity contribution in [2.24, 2.45) is 5.73 Å². The van der Waals surface area contributed by atoms with Crippen molar-refractivity contribution in [2.75, 3.05) is 12.4 Å². The number of guanidine groups is 1. The van der Waals surface area contributed by atoms with Crippen molar-refractivity contribution in [3.05, 3.63) is 35.9 Å². The Morgan fingerprint density at radius 3 is 2.55 bits per heavy atom. The molecule has 4 nitrogen and oxygen atoms in total. The second kappa shape index (κ2) is 5.82. The average Bonchev–Trinajstić information content (AvgIpc) is 2.45. The molecule has 0 saturated heterocycles. The van der Waals surface area contributed by atoms with Crippen molar-refractivity contribution in [3.63, 3.8) is 0 Å². The minimum atomic E-state index is -0.0631. The van der Waals surface area contributed by atoms with E-state index in [1.54, 1.807) is 7.11 Å². The number of methoxy groups -OCH3 is 1. The average molecular weight is 271 g/mol. The Labute approximate surface area is 119 Å². The molecule has 2 rings (SSSR count). The van der Waals surface area contributed by atoms with E-state index in [0.29, 0.717) is 5.92 Å². The van der Waals surface area contributed by atoms with E-state index in [-0.39, 0.29) is 5.96 Å². The Bertz CT molecular complexity index is 637. The maximum atomic E-state index is 7.49. The lowest BCUT2D eigenvalue weighted by atomic mass is 9.90. The summed E-state index contributed by atoms with van der Waals surface area (Å²) < 4.78 is 5.47. The highest BCUT2D eigenvalue weighted by Crippen LogP contribution is 2.39. The normalized spacial score (nSPS) is 12.2. The molecule has 1 unspecified atom stereocenters. The molecule has 2 aromatic carbocycles. The van der Waals surface area contributed by atoms with Crippen molar-refractivity contribution >= 4 is 22.4 Å². The highest BCUT2D eigenvalue weighted by atomic mass is 16.5. The topological polar surface area (TPSA) is 71.1 Å². The fraction of sp³-hybridized carbons (Fsp3) is 0.312. The first kappa shape index (κ1) is 14.2. The van der Waals surface area contributed by atoms with Gasteiger partial charge in [0.05, 0.1) is 7.11 Å². The minimum Gasteiger partial charge on any atom is -0.496 e. The molecule has 4 N–H and O–H groups in total. The van der Waals surface area contributed by atoms with Gasteiger partial charge in [0.1, 0.15) is 5.75 Å². The first-order valence-electron chi connectivity index (χ1n) is 6.79. The second-order valence-electron chi connectivity index (χ2n) is 4.93. The number of fused-ring (bicyclic) bond motifs is 1. The van der Waals surface area contributed by atoms with Crippen LogP contribution in [0.4, 0.5) is 5.69 Å². The Morgan fingerprint density at radius 1 is 1.35 bits per heavy atom. The van der Waals surface area contributed by atoms with Crippen molar-refractivity contribution in [1.82, 2.24) is 0 Å². The molecule has 20 heavy (non-hydrogen) atoms. The number of rotatable bonds is 4. The van der Waals surface area contributed by atoms with Gasteiger partial charge in [-0.25, -0.2) is 0 Å². The van der Waals surface area contributed by atoms with Gasteiger partial charge in [-0.05, 0) is 23.3 Å². The number of benzene rings is 2. The molecule has 0 fully saturated rings. The Hall–Kier alpha value is -2.23. The highest BCUT2D eigenvalue weighted by Gasteiger charge is 2.16. The number of hydrogen-bond donors (Lipinski definition) is 3. The monoisotopic (exact) mass is 271 g/mol. The number of hydrogen-bond acceptors (Lipinski definition) is 2. The molecule has 0 spiro atoms. The first-order valence-corrected chi connectivity index (χ1v) is 6.79. The van der Waals surface area contributed by atoms with Crippen LogP contribution in [0.15, 0.2) is 30.3 Å². The van der Waals surface area contributed by atoms with Crippen LogP contribution < -0.4 is 15.8 Å². The van der Waals surface area contributed by atoms with Gasteiger partial charge in [-0.15, -0.1) is 0 Å². The summed E-state index contributed by atoms with van der Waals surface area (Å²) in [6.45, 7) is 4.33. The molecule has 106 valence electrons. The number of ether oxygens (including phenoxy) is 1. The lowest BCUT2D eigenvalue weighted by Gasteiger charge is -2.20. The first-order chi connectivity index (χ1) is 9.58. The molecule has 0 aliphatic heterocycles. The van der Waals surface area contributed by atoms with E-state index in [0.717, 1.165) is 28.6 Å². The molecule has 0 amide bonds. The van der Waals surface area contributed by atoms with E-state index in [1.807, 2.05) is 18.2 Å². The fourth-order valence-corrected chi connectivity index (χ4v) is 2.52. The lowest BCUT2D eigenvalue weighted by Crippen LogP contribution is -2.21. The molecule has 4 heteroatoms. The fourth-order valence-electron chi connectivity index (χ4n) is 2.52. The van der Waals surface area contributed by atoms with Gasteiger partial charge in [0, 0.05) is 17.1 Å².